The van der Waals surface area contributed by atoms with Gasteiger partial charge in [0.15, 0.2) is 0 Å². The highest BCUT2D eigenvalue weighted by Gasteiger charge is 2.69. The molecule has 0 saturated heterocycles. The van der Waals surface area contributed by atoms with Gasteiger partial charge in [0, 0.05) is 0 Å². The van der Waals surface area contributed by atoms with Gasteiger partial charge in [-0.1, -0.05) is 55.4 Å². The van der Waals surface area contributed by atoms with E-state index in [0.717, 1.165) is 0 Å². The summed E-state index contributed by atoms with van der Waals surface area (Å²) in [7, 11) is 0. The van der Waals surface area contributed by atoms with Crippen molar-refractivity contribution in [3.8, 4) is 0 Å². The number of hydrogen-bond donors (Lipinski definition) is 2. The molecule has 0 aliphatic heterocycles. The van der Waals surface area contributed by atoms with Gasteiger partial charge in [-0.25, -0.2) is 0 Å². The molecule has 20 heavy (non-hydrogen) atoms. The van der Waals surface area contributed by atoms with Crippen LogP contribution in [0.5, 0.6) is 0 Å². The van der Waals surface area contributed by atoms with Gasteiger partial charge in [0.05, 0.1) is 11.8 Å². The molecule has 2 N–H and O–H groups in total. The lowest BCUT2D eigenvalue weighted by atomic mass is 10.0. The smallest absolute Gasteiger partial charge is 0.242 e. The van der Waals surface area contributed by atoms with Gasteiger partial charge in [-0.3, -0.25) is 20.4 Å². The molecule has 2 fully saturated rings. The maximum Gasteiger partial charge on any atom is 0.242 e. The Morgan fingerprint density at radius 1 is 0.600 bits per heavy atom. The molecule has 0 radical (unpaired) electrons. The number of nitrogens with one attached hydrogen (secondary N) is 2. The molecule has 0 atom stereocenters. The molecule has 0 bridgehead atoms. The van der Waals surface area contributed by atoms with E-state index in [4.69, 9.17) is 0 Å². The van der Waals surface area contributed by atoms with Crippen molar-refractivity contribution in [2.24, 2.45) is 33.5 Å². The zero-order valence-electron chi connectivity index (χ0n) is 14.0. The minimum Gasteiger partial charge on any atom is -0.273 e. The second kappa shape index (κ2) is 3.77. The summed E-state index contributed by atoms with van der Waals surface area (Å²) in [6.07, 6.45) is 0. The third-order valence-corrected chi connectivity index (χ3v) is 6.87. The largest absolute Gasteiger partial charge is 0.273 e. The zero-order valence-corrected chi connectivity index (χ0v) is 14.0. The molecule has 0 aromatic heterocycles. The summed E-state index contributed by atoms with van der Waals surface area (Å²) in [6, 6.07) is 0. The normalized spacial score (nSPS) is 28.6. The van der Waals surface area contributed by atoms with E-state index in [1.165, 1.54) is 0 Å². The fourth-order valence-corrected chi connectivity index (χ4v) is 3.97. The molecule has 0 spiro atoms. The molecular formula is C16H28N2O2. The van der Waals surface area contributed by atoms with E-state index in [1.54, 1.807) is 0 Å². The molecule has 2 rings (SSSR count). The quantitative estimate of drug-likeness (QED) is 0.764. The Hall–Kier alpha value is -1.06. The van der Waals surface area contributed by atoms with E-state index in [-0.39, 0.29) is 45.3 Å². The summed E-state index contributed by atoms with van der Waals surface area (Å²) in [5.74, 6) is -0.250. The van der Waals surface area contributed by atoms with Crippen LogP contribution in [-0.4, -0.2) is 11.8 Å². The maximum atomic E-state index is 12.2. The predicted octanol–water partition coefficient (Wildman–Crippen LogP) is 2.50. The van der Waals surface area contributed by atoms with E-state index in [1.807, 2.05) is 0 Å². The standard InChI is InChI=1S/C16H28N2O2/c1-13(2)9(14(13,3)4)11(19)17-18-12(20)10-15(5,6)16(10,7)8/h9-10H,1-8H3,(H,17,19)(H,18,20). The summed E-state index contributed by atoms with van der Waals surface area (Å²) in [4.78, 5) is 24.4. The number of hydrazine groups is 1. The molecule has 0 unspecified atom stereocenters. The van der Waals surface area contributed by atoms with Crippen molar-refractivity contribution < 1.29 is 9.59 Å². The van der Waals surface area contributed by atoms with Crippen LogP contribution < -0.4 is 10.9 Å². The Labute approximate surface area is 122 Å². The highest BCUT2D eigenvalue weighted by atomic mass is 16.2. The van der Waals surface area contributed by atoms with Crippen LogP contribution in [0.4, 0.5) is 0 Å². The molecule has 2 saturated carbocycles. The van der Waals surface area contributed by atoms with E-state index < -0.39 is 0 Å². The summed E-state index contributed by atoms with van der Waals surface area (Å²) < 4.78 is 0. The molecule has 0 aromatic rings. The predicted molar refractivity (Wildman–Crippen MR) is 78.4 cm³/mol. The summed E-state index contributed by atoms with van der Waals surface area (Å²) in [5.41, 5.74) is 5.17. The zero-order chi connectivity index (χ0) is 15.7. The van der Waals surface area contributed by atoms with Gasteiger partial charge in [-0.15, -0.1) is 0 Å². The van der Waals surface area contributed by atoms with Gasteiger partial charge in [-0.2, -0.15) is 0 Å². The summed E-state index contributed by atoms with van der Waals surface area (Å²) in [6.45, 7) is 16.7. The number of carbonyl (C=O) groups excluding carboxylic acids is 2. The van der Waals surface area contributed by atoms with Crippen molar-refractivity contribution in [2.45, 2.75) is 55.4 Å². The Morgan fingerprint density at radius 3 is 0.950 bits per heavy atom. The minimum absolute atomic E-state index is 0.0140. The van der Waals surface area contributed by atoms with E-state index in [0.29, 0.717) is 0 Å². The maximum absolute atomic E-state index is 12.2. The first kappa shape index (κ1) is 15.3. The molecule has 0 aromatic carbocycles. The van der Waals surface area contributed by atoms with Crippen molar-refractivity contribution >= 4 is 11.8 Å². The van der Waals surface area contributed by atoms with Gasteiger partial charge in [-0.05, 0) is 21.7 Å². The van der Waals surface area contributed by atoms with Crippen LogP contribution in [0.1, 0.15) is 55.4 Å². The first-order valence-corrected chi connectivity index (χ1v) is 7.39. The third kappa shape index (κ3) is 1.73. The number of amides is 2. The van der Waals surface area contributed by atoms with Gasteiger partial charge < -0.3 is 0 Å². The van der Waals surface area contributed by atoms with Crippen molar-refractivity contribution in [1.82, 2.24) is 10.9 Å². The highest BCUT2D eigenvalue weighted by Crippen LogP contribution is 2.69. The monoisotopic (exact) mass is 280 g/mol. The SMILES string of the molecule is CC1(C)C(C(=O)NNC(=O)C2C(C)(C)C2(C)C)C1(C)C. The van der Waals surface area contributed by atoms with Crippen LogP contribution in [0.2, 0.25) is 0 Å². The van der Waals surface area contributed by atoms with Crippen LogP contribution in [0, 0.1) is 33.5 Å². The molecular weight excluding hydrogens is 252 g/mol. The first-order chi connectivity index (χ1) is 8.79. The molecule has 2 aliphatic rings. The lowest BCUT2D eigenvalue weighted by Crippen LogP contribution is -2.44. The summed E-state index contributed by atoms with van der Waals surface area (Å²) >= 11 is 0. The van der Waals surface area contributed by atoms with E-state index >= 15 is 0 Å². The van der Waals surface area contributed by atoms with Crippen LogP contribution in [0.3, 0.4) is 0 Å². The van der Waals surface area contributed by atoms with E-state index in [9.17, 15) is 9.59 Å². The average Bonchev–Trinajstić information content (AvgIpc) is 2.84. The third-order valence-electron chi connectivity index (χ3n) is 6.87. The van der Waals surface area contributed by atoms with Crippen LogP contribution in [-0.2, 0) is 9.59 Å². The lowest BCUT2D eigenvalue weighted by Gasteiger charge is -2.09. The number of rotatable bonds is 2. The second-order valence-corrected chi connectivity index (χ2v) is 8.73. The highest BCUT2D eigenvalue weighted by molar-refractivity contribution is 5.89. The van der Waals surface area contributed by atoms with Crippen LogP contribution >= 0.6 is 0 Å². The molecule has 114 valence electrons. The Balaban J connectivity index is 1.89. The summed E-state index contributed by atoms with van der Waals surface area (Å²) in [5, 5.41) is 0. The van der Waals surface area contributed by atoms with Crippen molar-refractivity contribution in [3.05, 3.63) is 0 Å². The average molecular weight is 280 g/mol. The second-order valence-electron chi connectivity index (χ2n) is 8.73. The Morgan fingerprint density at radius 2 is 0.800 bits per heavy atom. The fourth-order valence-electron chi connectivity index (χ4n) is 3.97. The van der Waals surface area contributed by atoms with E-state index in [2.05, 4.69) is 66.2 Å². The first-order valence-electron chi connectivity index (χ1n) is 7.39. The van der Waals surface area contributed by atoms with Crippen molar-refractivity contribution in [1.29, 1.82) is 0 Å². The number of carbonyl (C=O) groups is 2. The molecule has 2 aliphatic carbocycles. The molecule has 0 heterocycles. The van der Waals surface area contributed by atoms with Gasteiger partial charge in [0.1, 0.15) is 0 Å². The van der Waals surface area contributed by atoms with Gasteiger partial charge >= 0.3 is 0 Å². The van der Waals surface area contributed by atoms with Crippen LogP contribution in [0.15, 0.2) is 0 Å². The van der Waals surface area contributed by atoms with Gasteiger partial charge in [0.25, 0.3) is 0 Å². The van der Waals surface area contributed by atoms with Gasteiger partial charge in [0.2, 0.25) is 11.8 Å². The Bertz CT molecular complexity index is 403. The number of hydrogen-bond acceptors (Lipinski definition) is 2. The lowest BCUT2D eigenvalue weighted by molar-refractivity contribution is -0.131. The Kier molecular flexibility index (Phi) is 2.89. The molecule has 4 heteroatoms. The topological polar surface area (TPSA) is 58.2 Å². The molecule has 2 amide bonds. The molecule has 4 nitrogen and oxygen atoms in total. The minimum atomic E-state index is -0.0791. The van der Waals surface area contributed by atoms with Crippen LogP contribution in [0.25, 0.3) is 0 Å². The van der Waals surface area contributed by atoms with Crippen molar-refractivity contribution in [3.63, 3.8) is 0 Å². The fraction of sp³-hybridized carbons (Fsp3) is 0.875. The van der Waals surface area contributed by atoms with Crippen molar-refractivity contribution in [2.75, 3.05) is 0 Å².